The predicted molar refractivity (Wildman–Crippen MR) is 77.0 cm³/mol. The van der Waals surface area contributed by atoms with E-state index in [2.05, 4.69) is 15.5 Å². The van der Waals surface area contributed by atoms with Crippen molar-refractivity contribution in [3.05, 3.63) is 36.2 Å². The summed E-state index contributed by atoms with van der Waals surface area (Å²) in [5, 5.41) is 6.57. The lowest BCUT2D eigenvalue weighted by Gasteiger charge is -2.07. The van der Waals surface area contributed by atoms with E-state index in [1.54, 1.807) is 6.92 Å². The van der Waals surface area contributed by atoms with Crippen molar-refractivity contribution in [3.63, 3.8) is 0 Å². The first kappa shape index (κ1) is 16.1. The van der Waals surface area contributed by atoms with E-state index in [1.165, 1.54) is 0 Å². The van der Waals surface area contributed by atoms with Crippen LogP contribution < -0.4 is 11.1 Å². The molecule has 108 valence electrons. The number of nitrogens with zero attached hydrogens (tertiary/aromatic N) is 2. The molecule has 20 heavy (non-hydrogen) atoms. The number of halogens is 1. The molecule has 1 amide bonds. The summed E-state index contributed by atoms with van der Waals surface area (Å²) in [6.45, 7) is 2.28. The van der Waals surface area contributed by atoms with Gasteiger partial charge in [0.05, 0.1) is 6.54 Å². The Morgan fingerprint density at radius 1 is 1.40 bits per heavy atom. The van der Waals surface area contributed by atoms with Gasteiger partial charge in [0.2, 0.25) is 17.6 Å². The fourth-order valence-corrected chi connectivity index (χ4v) is 1.48. The van der Waals surface area contributed by atoms with Crippen molar-refractivity contribution >= 4 is 18.3 Å². The molecule has 1 atom stereocenters. The van der Waals surface area contributed by atoms with Gasteiger partial charge in [0, 0.05) is 18.0 Å². The molecule has 0 aliphatic carbocycles. The zero-order chi connectivity index (χ0) is 13.7. The Hall–Kier alpha value is -1.92. The van der Waals surface area contributed by atoms with Crippen molar-refractivity contribution in [1.29, 1.82) is 0 Å². The monoisotopic (exact) mass is 296 g/mol. The van der Waals surface area contributed by atoms with Crippen LogP contribution in [-0.2, 0) is 11.3 Å². The van der Waals surface area contributed by atoms with Crippen LogP contribution in [0, 0.1) is 5.92 Å². The maximum Gasteiger partial charge on any atom is 0.246 e. The summed E-state index contributed by atoms with van der Waals surface area (Å²) in [7, 11) is 0. The molecule has 0 radical (unpaired) electrons. The Labute approximate surface area is 123 Å². The standard InChI is InChI=1S/C13H16N4O2.ClH/c1-9(7-14)13(18)15-8-11-16-12(17-19-11)10-5-3-2-4-6-10;/h2-6,9H,7-8,14H2,1H3,(H,15,18);1H. The molecular formula is C13H17ClN4O2. The largest absolute Gasteiger partial charge is 0.347 e. The lowest BCUT2D eigenvalue weighted by Crippen LogP contribution is -2.32. The molecular weight excluding hydrogens is 280 g/mol. The van der Waals surface area contributed by atoms with E-state index < -0.39 is 0 Å². The Morgan fingerprint density at radius 2 is 2.10 bits per heavy atom. The van der Waals surface area contributed by atoms with Crippen molar-refractivity contribution in [1.82, 2.24) is 15.5 Å². The fraction of sp³-hybridized carbons (Fsp3) is 0.308. The molecule has 0 aliphatic rings. The van der Waals surface area contributed by atoms with E-state index in [9.17, 15) is 4.79 Å². The Bertz CT molecular complexity index is 544. The van der Waals surface area contributed by atoms with Crippen LogP contribution in [0.3, 0.4) is 0 Å². The van der Waals surface area contributed by atoms with Gasteiger partial charge in [0.1, 0.15) is 0 Å². The van der Waals surface area contributed by atoms with Gasteiger partial charge in [0.15, 0.2) is 0 Å². The van der Waals surface area contributed by atoms with Crippen LogP contribution in [0.25, 0.3) is 11.4 Å². The molecule has 7 heteroatoms. The van der Waals surface area contributed by atoms with Gasteiger partial charge in [-0.2, -0.15) is 4.98 Å². The number of aromatic nitrogens is 2. The third kappa shape index (κ3) is 4.04. The third-order valence-corrected chi connectivity index (χ3v) is 2.72. The first-order valence-corrected chi connectivity index (χ1v) is 6.06. The van der Waals surface area contributed by atoms with E-state index >= 15 is 0 Å². The number of hydrogen-bond donors (Lipinski definition) is 2. The highest BCUT2D eigenvalue weighted by Crippen LogP contribution is 2.14. The second kappa shape index (κ2) is 7.62. The van der Waals surface area contributed by atoms with Gasteiger partial charge >= 0.3 is 0 Å². The van der Waals surface area contributed by atoms with Crippen molar-refractivity contribution in [2.24, 2.45) is 11.7 Å². The van der Waals surface area contributed by atoms with Crippen LogP contribution in [0.15, 0.2) is 34.9 Å². The summed E-state index contributed by atoms with van der Waals surface area (Å²) >= 11 is 0. The van der Waals surface area contributed by atoms with Gasteiger partial charge < -0.3 is 15.6 Å². The first-order valence-electron chi connectivity index (χ1n) is 6.06. The third-order valence-electron chi connectivity index (χ3n) is 2.72. The molecule has 2 rings (SSSR count). The maximum absolute atomic E-state index is 11.5. The molecule has 1 heterocycles. The van der Waals surface area contributed by atoms with E-state index in [4.69, 9.17) is 10.3 Å². The quantitative estimate of drug-likeness (QED) is 0.869. The molecule has 0 spiro atoms. The number of nitrogens with one attached hydrogen (secondary N) is 1. The molecule has 0 bridgehead atoms. The average molecular weight is 297 g/mol. The predicted octanol–water partition coefficient (Wildman–Crippen LogP) is 1.37. The van der Waals surface area contributed by atoms with E-state index in [-0.39, 0.29) is 30.8 Å². The fourth-order valence-electron chi connectivity index (χ4n) is 1.48. The Kier molecular flexibility index (Phi) is 6.14. The van der Waals surface area contributed by atoms with E-state index in [0.29, 0.717) is 18.3 Å². The maximum atomic E-state index is 11.5. The summed E-state index contributed by atoms with van der Waals surface area (Å²) in [5.41, 5.74) is 6.28. The summed E-state index contributed by atoms with van der Waals surface area (Å²) in [6, 6.07) is 9.50. The highest BCUT2D eigenvalue weighted by molar-refractivity contribution is 5.85. The van der Waals surface area contributed by atoms with Gasteiger partial charge in [0.25, 0.3) is 0 Å². The Morgan fingerprint density at radius 3 is 2.75 bits per heavy atom. The van der Waals surface area contributed by atoms with Crippen LogP contribution in [0.2, 0.25) is 0 Å². The van der Waals surface area contributed by atoms with Crippen molar-refractivity contribution < 1.29 is 9.32 Å². The zero-order valence-corrected chi connectivity index (χ0v) is 11.9. The number of rotatable bonds is 5. The molecule has 0 saturated heterocycles. The number of amides is 1. The highest BCUT2D eigenvalue weighted by atomic mass is 35.5. The average Bonchev–Trinajstić information content (AvgIpc) is 2.93. The molecule has 1 aromatic carbocycles. The second-order valence-electron chi connectivity index (χ2n) is 4.23. The highest BCUT2D eigenvalue weighted by Gasteiger charge is 2.13. The molecule has 3 N–H and O–H groups in total. The summed E-state index contributed by atoms with van der Waals surface area (Å²) in [6.07, 6.45) is 0. The van der Waals surface area contributed by atoms with Gasteiger partial charge in [-0.25, -0.2) is 0 Å². The minimum atomic E-state index is -0.225. The molecule has 0 saturated carbocycles. The van der Waals surface area contributed by atoms with Crippen molar-refractivity contribution in [3.8, 4) is 11.4 Å². The minimum absolute atomic E-state index is 0. The molecule has 0 fully saturated rings. The van der Waals surface area contributed by atoms with Crippen molar-refractivity contribution in [2.75, 3.05) is 6.54 Å². The number of carbonyl (C=O) groups excluding carboxylic acids is 1. The minimum Gasteiger partial charge on any atom is -0.347 e. The van der Waals surface area contributed by atoms with Crippen LogP contribution in [0.5, 0.6) is 0 Å². The first-order chi connectivity index (χ1) is 9.20. The lowest BCUT2D eigenvalue weighted by molar-refractivity contribution is -0.124. The smallest absolute Gasteiger partial charge is 0.246 e. The molecule has 6 nitrogen and oxygen atoms in total. The number of nitrogens with two attached hydrogens (primary N) is 1. The van der Waals surface area contributed by atoms with E-state index in [1.807, 2.05) is 30.3 Å². The molecule has 0 aliphatic heterocycles. The molecule has 1 unspecified atom stereocenters. The molecule has 1 aromatic heterocycles. The molecule has 2 aromatic rings. The van der Waals surface area contributed by atoms with Crippen LogP contribution in [0.1, 0.15) is 12.8 Å². The number of hydrogen-bond acceptors (Lipinski definition) is 5. The zero-order valence-electron chi connectivity index (χ0n) is 11.1. The topological polar surface area (TPSA) is 94.0 Å². The lowest BCUT2D eigenvalue weighted by atomic mass is 10.2. The second-order valence-corrected chi connectivity index (χ2v) is 4.23. The van der Waals surface area contributed by atoms with Crippen LogP contribution in [0.4, 0.5) is 0 Å². The van der Waals surface area contributed by atoms with Crippen LogP contribution in [-0.4, -0.2) is 22.6 Å². The summed E-state index contributed by atoms with van der Waals surface area (Å²) < 4.78 is 5.08. The van der Waals surface area contributed by atoms with Gasteiger partial charge in [-0.15, -0.1) is 12.4 Å². The normalized spacial score (nSPS) is 11.5. The van der Waals surface area contributed by atoms with Gasteiger partial charge in [-0.05, 0) is 0 Å². The number of carbonyl (C=O) groups is 1. The Balaban J connectivity index is 0.00000200. The summed E-state index contributed by atoms with van der Waals surface area (Å²) in [5.74, 6) is 0.534. The van der Waals surface area contributed by atoms with Gasteiger partial charge in [-0.1, -0.05) is 42.4 Å². The van der Waals surface area contributed by atoms with Gasteiger partial charge in [-0.3, -0.25) is 4.79 Å². The van der Waals surface area contributed by atoms with Crippen LogP contribution >= 0.6 is 12.4 Å². The number of benzene rings is 1. The van der Waals surface area contributed by atoms with E-state index in [0.717, 1.165) is 5.56 Å². The summed E-state index contributed by atoms with van der Waals surface area (Å²) in [4.78, 5) is 15.8. The van der Waals surface area contributed by atoms with Crippen molar-refractivity contribution in [2.45, 2.75) is 13.5 Å². The SMILES string of the molecule is CC(CN)C(=O)NCc1nc(-c2ccccc2)no1.Cl.